The van der Waals surface area contributed by atoms with Gasteiger partial charge in [0.2, 0.25) is 0 Å². The van der Waals surface area contributed by atoms with Gasteiger partial charge in [0.25, 0.3) is 0 Å². The zero-order chi connectivity index (χ0) is 14.7. The summed E-state index contributed by atoms with van der Waals surface area (Å²) in [7, 11) is 0. The van der Waals surface area contributed by atoms with Crippen molar-refractivity contribution in [2.45, 2.75) is 20.0 Å². The molecule has 0 saturated carbocycles. The number of hydrogen-bond acceptors (Lipinski definition) is 3. The van der Waals surface area contributed by atoms with Crippen molar-refractivity contribution in [1.82, 2.24) is 0 Å². The van der Waals surface area contributed by atoms with E-state index in [0.29, 0.717) is 28.0 Å². The molecule has 0 radical (unpaired) electrons. The van der Waals surface area contributed by atoms with Crippen LogP contribution in [-0.2, 0) is 0 Å². The maximum atomic E-state index is 5.90. The number of nitrogen functional groups attached to an aromatic ring is 1. The van der Waals surface area contributed by atoms with Gasteiger partial charge in [-0.25, -0.2) is 0 Å². The van der Waals surface area contributed by atoms with Crippen LogP contribution in [0.3, 0.4) is 0 Å². The first-order chi connectivity index (χ1) is 9.45. The first-order valence-corrected chi connectivity index (χ1v) is 7.32. The monoisotopic (exact) mass is 355 g/mol. The summed E-state index contributed by atoms with van der Waals surface area (Å²) < 4.78 is 12.2. The van der Waals surface area contributed by atoms with E-state index in [2.05, 4.69) is 15.9 Å². The fourth-order valence-electron chi connectivity index (χ4n) is 1.62. The molecule has 0 saturated heterocycles. The lowest BCUT2D eigenvalue weighted by Crippen LogP contribution is -2.07. The van der Waals surface area contributed by atoms with E-state index in [1.807, 2.05) is 13.8 Å². The molecule has 0 amide bonds. The predicted molar refractivity (Wildman–Crippen MR) is 85.8 cm³/mol. The molecule has 0 atom stereocenters. The maximum Gasteiger partial charge on any atom is 0.146 e. The molecule has 0 aromatic heterocycles. The average Bonchev–Trinajstić information content (AvgIpc) is 2.36. The summed E-state index contributed by atoms with van der Waals surface area (Å²) >= 11 is 9.31. The van der Waals surface area contributed by atoms with Crippen LogP contribution in [0.5, 0.6) is 17.2 Å². The van der Waals surface area contributed by atoms with Gasteiger partial charge in [0, 0.05) is 11.1 Å². The van der Waals surface area contributed by atoms with E-state index in [9.17, 15) is 0 Å². The van der Waals surface area contributed by atoms with Gasteiger partial charge in [0.05, 0.1) is 16.3 Å². The second-order valence-corrected chi connectivity index (χ2v) is 5.83. The summed E-state index contributed by atoms with van der Waals surface area (Å²) in [5.74, 6) is 1.94. The molecular weight excluding hydrogens is 342 g/mol. The summed E-state index contributed by atoms with van der Waals surface area (Å²) in [6, 6.07) is 10.7. The largest absolute Gasteiger partial charge is 0.489 e. The van der Waals surface area contributed by atoms with Crippen molar-refractivity contribution >= 4 is 33.2 Å². The van der Waals surface area contributed by atoms with Gasteiger partial charge in [-0.05, 0) is 60.1 Å². The standard InChI is InChI=1S/C15H15BrClNO2/c1-9(2)19-15-8-11(4-5-13(15)18)20-14-6-3-10(17)7-12(14)16/h3-9H,18H2,1-2H3. The number of anilines is 1. The SMILES string of the molecule is CC(C)Oc1cc(Oc2ccc(Cl)cc2Br)ccc1N. The van der Waals surface area contributed by atoms with Gasteiger partial charge in [-0.15, -0.1) is 0 Å². The Hall–Kier alpha value is -1.39. The Labute approximate surface area is 131 Å². The number of benzene rings is 2. The second kappa shape index (κ2) is 6.37. The molecule has 0 fully saturated rings. The van der Waals surface area contributed by atoms with Crippen molar-refractivity contribution in [1.29, 1.82) is 0 Å². The molecule has 2 N–H and O–H groups in total. The average molecular weight is 357 g/mol. The van der Waals surface area contributed by atoms with Crippen molar-refractivity contribution in [2.24, 2.45) is 0 Å². The van der Waals surface area contributed by atoms with Crippen LogP contribution >= 0.6 is 27.5 Å². The summed E-state index contributed by atoms with van der Waals surface area (Å²) in [5.41, 5.74) is 6.46. The van der Waals surface area contributed by atoms with Gasteiger partial charge < -0.3 is 15.2 Å². The molecule has 2 rings (SSSR count). The quantitative estimate of drug-likeness (QED) is 0.760. The third-order valence-electron chi connectivity index (χ3n) is 2.47. The van der Waals surface area contributed by atoms with E-state index in [0.717, 1.165) is 4.47 Å². The van der Waals surface area contributed by atoms with Crippen LogP contribution in [0.2, 0.25) is 5.02 Å². The first kappa shape index (κ1) is 15.0. The van der Waals surface area contributed by atoms with E-state index < -0.39 is 0 Å². The van der Waals surface area contributed by atoms with Gasteiger partial charge in [-0.1, -0.05) is 11.6 Å². The van der Waals surface area contributed by atoms with Gasteiger partial charge in [-0.2, -0.15) is 0 Å². The smallest absolute Gasteiger partial charge is 0.146 e. The van der Waals surface area contributed by atoms with Crippen LogP contribution in [0.4, 0.5) is 5.69 Å². The number of ether oxygens (including phenoxy) is 2. The Kier molecular flexibility index (Phi) is 4.78. The topological polar surface area (TPSA) is 44.5 Å². The van der Waals surface area contributed by atoms with Crippen molar-refractivity contribution in [3.8, 4) is 17.2 Å². The number of nitrogens with two attached hydrogens (primary N) is 1. The highest BCUT2D eigenvalue weighted by Crippen LogP contribution is 2.35. The molecule has 20 heavy (non-hydrogen) atoms. The molecule has 106 valence electrons. The van der Waals surface area contributed by atoms with Crippen LogP contribution in [0, 0.1) is 0 Å². The highest BCUT2D eigenvalue weighted by Gasteiger charge is 2.08. The Morgan fingerprint density at radius 2 is 1.85 bits per heavy atom. The van der Waals surface area contributed by atoms with Gasteiger partial charge in [-0.3, -0.25) is 0 Å². The number of rotatable bonds is 4. The van der Waals surface area contributed by atoms with Crippen molar-refractivity contribution in [3.63, 3.8) is 0 Å². The Morgan fingerprint density at radius 1 is 1.10 bits per heavy atom. The molecule has 0 aliphatic carbocycles. The molecule has 3 nitrogen and oxygen atoms in total. The first-order valence-electron chi connectivity index (χ1n) is 6.15. The molecule has 0 heterocycles. The normalized spacial score (nSPS) is 10.7. The van der Waals surface area contributed by atoms with Crippen LogP contribution in [0.1, 0.15) is 13.8 Å². The highest BCUT2D eigenvalue weighted by atomic mass is 79.9. The van der Waals surface area contributed by atoms with Crippen LogP contribution < -0.4 is 15.2 Å². The molecule has 0 bridgehead atoms. The summed E-state index contributed by atoms with van der Waals surface area (Å²) in [6.07, 6.45) is 0.0508. The van der Waals surface area contributed by atoms with Gasteiger partial charge in [0.15, 0.2) is 0 Å². The van der Waals surface area contributed by atoms with Gasteiger partial charge in [0.1, 0.15) is 17.2 Å². The van der Waals surface area contributed by atoms with Crippen molar-refractivity contribution in [2.75, 3.05) is 5.73 Å². The van der Waals surface area contributed by atoms with Crippen molar-refractivity contribution < 1.29 is 9.47 Å². The van der Waals surface area contributed by atoms with E-state index in [1.54, 1.807) is 36.4 Å². The second-order valence-electron chi connectivity index (χ2n) is 4.54. The fraction of sp³-hybridized carbons (Fsp3) is 0.200. The van der Waals surface area contributed by atoms with Crippen molar-refractivity contribution in [3.05, 3.63) is 45.9 Å². The van der Waals surface area contributed by atoms with E-state index in [-0.39, 0.29) is 6.10 Å². The lowest BCUT2D eigenvalue weighted by atomic mass is 10.2. The van der Waals surface area contributed by atoms with E-state index >= 15 is 0 Å². The number of hydrogen-bond donors (Lipinski definition) is 1. The fourth-order valence-corrected chi connectivity index (χ4v) is 2.38. The van der Waals surface area contributed by atoms with Crippen LogP contribution in [0.25, 0.3) is 0 Å². The third kappa shape index (κ3) is 3.81. The zero-order valence-electron chi connectivity index (χ0n) is 11.2. The lowest BCUT2D eigenvalue weighted by Gasteiger charge is -2.14. The molecule has 0 aliphatic heterocycles. The molecule has 0 unspecified atom stereocenters. The van der Waals surface area contributed by atoms with Crippen LogP contribution in [0.15, 0.2) is 40.9 Å². The van der Waals surface area contributed by atoms with E-state index in [1.165, 1.54) is 0 Å². The molecule has 2 aromatic carbocycles. The predicted octanol–water partition coefficient (Wildman–Crippen LogP) is 5.26. The highest BCUT2D eigenvalue weighted by molar-refractivity contribution is 9.10. The Balaban J connectivity index is 2.25. The van der Waals surface area contributed by atoms with Gasteiger partial charge >= 0.3 is 0 Å². The minimum absolute atomic E-state index is 0.0508. The molecule has 0 aliphatic rings. The Morgan fingerprint density at radius 3 is 2.50 bits per heavy atom. The van der Waals surface area contributed by atoms with Crippen LogP contribution in [-0.4, -0.2) is 6.10 Å². The zero-order valence-corrected chi connectivity index (χ0v) is 13.5. The summed E-state index contributed by atoms with van der Waals surface area (Å²) in [6.45, 7) is 3.89. The molecule has 2 aromatic rings. The Bertz CT molecular complexity index is 617. The number of halogens is 2. The molecule has 0 spiro atoms. The minimum Gasteiger partial charge on any atom is -0.489 e. The third-order valence-corrected chi connectivity index (χ3v) is 3.32. The lowest BCUT2D eigenvalue weighted by molar-refractivity contribution is 0.243. The minimum atomic E-state index is 0.0508. The molecular formula is C15H15BrClNO2. The molecule has 5 heteroatoms. The van der Waals surface area contributed by atoms with E-state index in [4.69, 9.17) is 26.8 Å². The maximum absolute atomic E-state index is 5.90. The summed E-state index contributed by atoms with van der Waals surface area (Å²) in [4.78, 5) is 0. The summed E-state index contributed by atoms with van der Waals surface area (Å²) in [5, 5.41) is 0.644.